The van der Waals surface area contributed by atoms with E-state index < -0.39 is 68.1 Å². The standard InChI is InChI=1S/C13H16F8O4/c1-3-11(4-2,9(22)24-5-12(18,19)7(14)15)10(23)25-6-13(20,21)8(16)17/h7-8H,3-6H2,1-2H3. The lowest BCUT2D eigenvalue weighted by molar-refractivity contribution is -0.200. The lowest BCUT2D eigenvalue weighted by Gasteiger charge is -2.28. The van der Waals surface area contributed by atoms with Crippen LogP contribution in [0.2, 0.25) is 0 Å². The van der Waals surface area contributed by atoms with E-state index in [1.165, 1.54) is 13.8 Å². The zero-order valence-electron chi connectivity index (χ0n) is 13.1. The van der Waals surface area contributed by atoms with Crippen LogP contribution in [0.25, 0.3) is 0 Å². The summed E-state index contributed by atoms with van der Waals surface area (Å²) in [5, 5.41) is 0. The average molecular weight is 388 g/mol. The van der Waals surface area contributed by atoms with Gasteiger partial charge in [0.25, 0.3) is 0 Å². The quantitative estimate of drug-likeness (QED) is 0.326. The van der Waals surface area contributed by atoms with E-state index >= 15 is 0 Å². The fourth-order valence-corrected chi connectivity index (χ4v) is 1.64. The summed E-state index contributed by atoms with van der Waals surface area (Å²) in [5.74, 6) is -12.8. The second-order valence-electron chi connectivity index (χ2n) is 5.06. The molecule has 0 unspecified atom stereocenters. The third-order valence-electron chi connectivity index (χ3n) is 3.42. The Morgan fingerprint density at radius 3 is 1.24 bits per heavy atom. The predicted molar refractivity (Wildman–Crippen MR) is 66.8 cm³/mol. The van der Waals surface area contributed by atoms with E-state index in [1.807, 2.05) is 0 Å². The van der Waals surface area contributed by atoms with Crippen molar-refractivity contribution < 1.29 is 54.2 Å². The summed E-state index contributed by atoms with van der Waals surface area (Å²) < 4.78 is 107. The maximum absolute atomic E-state index is 12.8. The van der Waals surface area contributed by atoms with Gasteiger partial charge in [-0.05, 0) is 12.8 Å². The third kappa shape index (κ3) is 5.70. The minimum atomic E-state index is -4.69. The van der Waals surface area contributed by atoms with Crippen molar-refractivity contribution in [2.45, 2.75) is 51.4 Å². The van der Waals surface area contributed by atoms with Crippen LogP contribution >= 0.6 is 0 Å². The molecule has 148 valence electrons. The lowest BCUT2D eigenvalue weighted by atomic mass is 9.82. The molecular formula is C13H16F8O4. The van der Waals surface area contributed by atoms with Gasteiger partial charge in [-0.1, -0.05) is 13.8 Å². The van der Waals surface area contributed by atoms with E-state index in [9.17, 15) is 44.7 Å². The van der Waals surface area contributed by atoms with Crippen LogP contribution in [0.15, 0.2) is 0 Å². The first-order chi connectivity index (χ1) is 11.3. The summed E-state index contributed by atoms with van der Waals surface area (Å²) in [6.45, 7) is -1.76. The van der Waals surface area contributed by atoms with Crippen molar-refractivity contribution in [1.82, 2.24) is 0 Å². The summed E-state index contributed by atoms with van der Waals surface area (Å²) >= 11 is 0. The van der Waals surface area contributed by atoms with Gasteiger partial charge in [-0.15, -0.1) is 0 Å². The van der Waals surface area contributed by atoms with E-state index in [-0.39, 0.29) is 0 Å². The lowest BCUT2D eigenvalue weighted by Crippen LogP contribution is -2.45. The van der Waals surface area contributed by atoms with Crippen LogP contribution in [-0.2, 0) is 19.1 Å². The van der Waals surface area contributed by atoms with Crippen molar-refractivity contribution in [1.29, 1.82) is 0 Å². The number of hydrogen-bond donors (Lipinski definition) is 0. The van der Waals surface area contributed by atoms with Crippen LogP contribution in [0.3, 0.4) is 0 Å². The molecule has 0 aromatic heterocycles. The normalized spacial score (nSPS) is 13.3. The molecule has 0 rings (SSSR count). The highest BCUT2D eigenvalue weighted by Gasteiger charge is 2.50. The number of hydrogen-bond acceptors (Lipinski definition) is 4. The van der Waals surface area contributed by atoms with E-state index in [4.69, 9.17) is 0 Å². The Kier molecular flexibility index (Phi) is 8.09. The van der Waals surface area contributed by atoms with Gasteiger partial charge in [0.15, 0.2) is 18.6 Å². The fraction of sp³-hybridized carbons (Fsp3) is 0.846. The second-order valence-corrected chi connectivity index (χ2v) is 5.06. The van der Waals surface area contributed by atoms with Crippen molar-refractivity contribution in [3.63, 3.8) is 0 Å². The highest BCUT2D eigenvalue weighted by atomic mass is 19.3. The number of alkyl halides is 8. The average Bonchev–Trinajstić information content (AvgIpc) is 2.52. The van der Waals surface area contributed by atoms with Gasteiger partial charge < -0.3 is 9.47 Å². The zero-order chi connectivity index (χ0) is 20.1. The van der Waals surface area contributed by atoms with E-state index in [2.05, 4.69) is 9.47 Å². The molecule has 0 aliphatic carbocycles. The fourth-order valence-electron chi connectivity index (χ4n) is 1.64. The van der Waals surface area contributed by atoms with E-state index in [0.717, 1.165) is 0 Å². The Morgan fingerprint density at radius 1 is 0.760 bits per heavy atom. The van der Waals surface area contributed by atoms with Crippen LogP contribution in [0.1, 0.15) is 26.7 Å². The topological polar surface area (TPSA) is 52.6 Å². The molecule has 0 aliphatic heterocycles. The van der Waals surface area contributed by atoms with Crippen molar-refractivity contribution in [2.24, 2.45) is 5.41 Å². The molecule has 0 amide bonds. The smallest absolute Gasteiger partial charge is 0.340 e. The molecule has 0 N–H and O–H groups in total. The van der Waals surface area contributed by atoms with Crippen molar-refractivity contribution in [3.05, 3.63) is 0 Å². The summed E-state index contributed by atoms with van der Waals surface area (Å²) in [6, 6.07) is 0. The molecule has 0 aromatic rings. The van der Waals surface area contributed by atoms with Crippen molar-refractivity contribution in [2.75, 3.05) is 13.2 Å². The maximum atomic E-state index is 12.8. The molecule has 0 bridgehead atoms. The predicted octanol–water partition coefficient (Wildman–Crippen LogP) is 3.68. The number of carbonyl (C=O) groups excluding carboxylic acids is 2. The largest absolute Gasteiger partial charge is 0.458 e. The van der Waals surface area contributed by atoms with Crippen LogP contribution in [0.4, 0.5) is 35.1 Å². The van der Waals surface area contributed by atoms with Crippen molar-refractivity contribution in [3.8, 4) is 0 Å². The number of carbonyl (C=O) groups is 2. The Balaban J connectivity index is 5.15. The van der Waals surface area contributed by atoms with Gasteiger partial charge in [-0.3, -0.25) is 9.59 Å². The molecule has 0 spiro atoms. The van der Waals surface area contributed by atoms with Crippen LogP contribution in [0.5, 0.6) is 0 Å². The van der Waals surface area contributed by atoms with Gasteiger partial charge >= 0.3 is 36.6 Å². The zero-order valence-corrected chi connectivity index (χ0v) is 13.1. The van der Waals surface area contributed by atoms with Gasteiger partial charge in [-0.2, -0.15) is 17.6 Å². The number of esters is 2. The first kappa shape index (κ1) is 23.4. The second kappa shape index (κ2) is 8.65. The molecule has 0 saturated carbocycles. The number of halogens is 8. The van der Waals surface area contributed by atoms with E-state index in [1.54, 1.807) is 0 Å². The first-order valence-corrected chi connectivity index (χ1v) is 6.93. The molecule has 0 saturated heterocycles. The molecule has 12 heteroatoms. The SMILES string of the molecule is CCC(CC)(C(=O)OCC(F)(F)C(F)F)C(=O)OCC(F)(F)C(F)F. The Morgan fingerprint density at radius 2 is 1.04 bits per heavy atom. The summed E-state index contributed by atoms with van der Waals surface area (Å²) in [5.41, 5.74) is -2.36. The van der Waals surface area contributed by atoms with Crippen LogP contribution in [0, 0.1) is 5.41 Å². The summed E-state index contributed by atoms with van der Waals surface area (Å²) in [6.07, 6.45) is -9.26. The minimum Gasteiger partial charge on any atom is -0.458 e. The first-order valence-electron chi connectivity index (χ1n) is 6.93. The summed E-state index contributed by atoms with van der Waals surface area (Å²) in [4.78, 5) is 23.7. The maximum Gasteiger partial charge on any atom is 0.340 e. The highest BCUT2D eigenvalue weighted by Crippen LogP contribution is 2.33. The van der Waals surface area contributed by atoms with Crippen molar-refractivity contribution >= 4 is 11.9 Å². The molecule has 0 aromatic carbocycles. The monoisotopic (exact) mass is 388 g/mol. The molecule has 0 heterocycles. The Bertz CT molecular complexity index is 425. The van der Waals surface area contributed by atoms with Crippen LogP contribution < -0.4 is 0 Å². The molecule has 0 fully saturated rings. The van der Waals surface area contributed by atoms with Crippen LogP contribution in [-0.4, -0.2) is 49.8 Å². The molecular weight excluding hydrogens is 372 g/mol. The summed E-state index contributed by atoms with van der Waals surface area (Å²) in [7, 11) is 0. The van der Waals surface area contributed by atoms with E-state index in [0.29, 0.717) is 0 Å². The van der Waals surface area contributed by atoms with Gasteiger partial charge in [-0.25, -0.2) is 17.6 Å². The highest BCUT2D eigenvalue weighted by molar-refractivity contribution is 6.00. The molecule has 25 heavy (non-hydrogen) atoms. The molecule has 0 radical (unpaired) electrons. The molecule has 4 nitrogen and oxygen atoms in total. The third-order valence-corrected chi connectivity index (χ3v) is 3.42. The van der Waals surface area contributed by atoms with Gasteiger partial charge in [0, 0.05) is 0 Å². The number of rotatable bonds is 10. The Hall–Kier alpha value is -1.62. The molecule has 0 aliphatic rings. The molecule has 0 atom stereocenters. The van der Waals surface area contributed by atoms with Gasteiger partial charge in [0.1, 0.15) is 0 Å². The minimum absolute atomic E-state index is 0.484. The van der Waals surface area contributed by atoms with Gasteiger partial charge in [0.2, 0.25) is 0 Å². The van der Waals surface area contributed by atoms with Gasteiger partial charge in [0.05, 0.1) is 0 Å². The number of ether oxygens (including phenoxy) is 2. The Labute approximate surface area is 137 Å².